The highest BCUT2D eigenvalue weighted by Crippen LogP contribution is 2.13. The van der Waals surface area contributed by atoms with Crippen molar-refractivity contribution in [1.82, 2.24) is 14.8 Å². The molecule has 0 N–H and O–H groups in total. The fourth-order valence-electron chi connectivity index (χ4n) is 2.22. The minimum absolute atomic E-state index is 0.284. The highest BCUT2D eigenvalue weighted by molar-refractivity contribution is 6.76. The van der Waals surface area contributed by atoms with E-state index in [4.69, 9.17) is 16.3 Å². The smallest absolute Gasteiger partial charge is 0.213 e. The molecule has 0 spiro atoms. The fraction of sp³-hybridized carbons (Fsp3) is 0.333. The van der Waals surface area contributed by atoms with Gasteiger partial charge in [-0.05, 0) is 18.2 Å². The molecule has 0 bridgehead atoms. The Bertz CT molecular complexity index is 873. The maximum absolute atomic E-state index is 13.5. The summed E-state index contributed by atoms with van der Waals surface area (Å²) in [5, 5.41) is 6.20. The molecule has 0 unspecified atom stereocenters. The van der Waals surface area contributed by atoms with Crippen LogP contribution in [0, 0.1) is 5.95 Å². The van der Waals surface area contributed by atoms with E-state index in [1.54, 1.807) is 16.8 Å². The van der Waals surface area contributed by atoms with Gasteiger partial charge >= 0.3 is 0 Å². The van der Waals surface area contributed by atoms with E-state index in [0.29, 0.717) is 33.5 Å². The van der Waals surface area contributed by atoms with E-state index in [1.165, 1.54) is 12.3 Å². The molecule has 0 aromatic carbocycles. The summed E-state index contributed by atoms with van der Waals surface area (Å²) in [6.45, 7) is 15.6. The van der Waals surface area contributed by atoms with Gasteiger partial charge in [-0.25, -0.2) is 9.67 Å². The van der Waals surface area contributed by atoms with Gasteiger partial charge in [-0.2, -0.15) is 9.49 Å². The summed E-state index contributed by atoms with van der Waals surface area (Å²) >= 11 is 5.93. The van der Waals surface area contributed by atoms with Crippen molar-refractivity contribution in [3.05, 3.63) is 46.5 Å². The first-order chi connectivity index (χ1) is 11.7. The van der Waals surface area contributed by atoms with E-state index in [1.807, 2.05) is 0 Å². The molecule has 2 aromatic heterocycles. The van der Waals surface area contributed by atoms with Gasteiger partial charge in [0, 0.05) is 42.8 Å². The molecule has 0 atom stereocenters. The van der Waals surface area contributed by atoms with E-state index >= 15 is 0 Å². The number of hydrogen-bond acceptors (Lipinski definition) is 3. The summed E-state index contributed by atoms with van der Waals surface area (Å²) in [5.41, 5.74) is 1.17. The Morgan fingerprint density at radius 3 is 2.76 bits per heavy atom. The number of nitrogens with zero attached hydrogens (tertiary/aromatic N) is 3. The van der Waals surface area contributed by atoms with Crippen LogP contribution in [0.25, 0.3) is 23.9 Å². The van der Waals surface area contributed by atoms with E-state index < -0.39 is 14.0 Å². The third-order valence-electron chi connectivity index (χ3n) is 3.61. The Kier molecular flexibility index (Phi) is 6.32. The summed E-state index contributed by atoms with van der Waals surface area (Å²) in [5.74, 6) is -0.570. The third kappa shape index (κ3) is 5.62. The van der Waals surface area contributed by atoms with Crippen molar-refractivity contribution in [1.29, 1.82) is 0 Å². The Hall–Kier alpha value is -1.76. The van der Waals surface area contributed by atoms with Gasteiger partial charge in [-0.3, -0.25) is 0 Å². The zero-order chi connectivity index (χ0) is 18.6. The van der Waals surface area contributed by atoms with Crippen LogP contribution in [0.2, 0.25) is 25.7 Å². The van der Waals surface area contributed by atoms with E-state index in [9.17, 15) is 4.39 Å². The van der Waals surface area contributed by atoms with Crippen molar-refractivity contribution in [2.24, 2.45) is 0 Å². The van der Waals surface area contributed by atoms with E-state index in [2.05, 4.69) is 42.9 Å². The number of hydrogen-bond donors (Lipinski definition) is 0. The molecule has 0 saturated carbocycles. The average molecular weight is 380 g/mol. The van der Waals surface area contributed by atoms with Gasteiger partial charge in [0.15, 0.2) is 0 Å². The standard InChI is InChI=1S/C18H23ClFN3OSi/c1-13(19)10-16-14(2)23(12-24-8-9-25(3,4)5)22-18(16)15-6-7-21-17(20)11-15/h6-7,10-11H,1-2,8-9,12H2,3-5H3/b16-10+. The van der Waals surface area contributed by atoms with Crippen molar-refractivity contribution >= 4 is 32.3 Å². The molecule has 0 aliphatic carbocycles. The van der Waals surface area contributed by atoms with Gasteiger partial charge in [0.05, 0.1) is 5.35 Å². The van der Waals surface area contributed by atoms with E-state index in [-0.39, 0.29) is 6.73 Å². The minimum atomic E-state index is -1.15. The molecule has 7 heteroatoms. The molecule has 25 heavy (non-hydrogen) atoms. The molecular weight excluding hydrogens is 357 g/mol. The van der Waals surface area contributed by atoms with Gasteiger partial charge in [0.2, 0.25) is 5.95 Å². The average Bonchev–Trinajstić information content (AvgIpc) is 2.79. The SMILES string of the molecule is C=C(Cl)/C=c1/c(-c2ccnc(F)c2)nn(COCC[Si](C)(C)C)c1=C. The van der Waals surface area contributed by atoms with Crippen LogP contribution in [0.15, 0.2) is 29.9 Å². The summed E-state index contributed by atoms with van der Waals surface area (Å²) in [4.78, 5) is 3.58. The lowest BCUT2D eigenvalue weighted by Crippen LogP contribution is -2.30. The Balaban J connectivity index is 2.34. The number of halogens is 2. The first-order valence-corrected chi connectivity index (χ1v) is 12.1. The van der Waals surface area contributed by atoms with Crippen LogP contribution in [0.1, 0.15) is 0 Å². The highest BCUT2D eigenvalue weighted by atomic mass is 35.5. The van der Waals surface area contributed by atoms with Crippen LogP contribution >= 0.6 is 11.6 Å². The first kappa shape index (κ1) is 19.6. The first-order valence-electron chi connectivity index (χ1n) is 7.99. The van der Waals surface area contributed by atoms with Gasteiger partial charge < -0.3 is 4.74 Å². The highest BCUT2D eigenvalue weighted by Gasteiger charge is 2.13. The number of aromatic nitrogens is 3. The minimum Gasteiger partial charge on any atom is -0.360 e. The molecular formula is C18H23ClFN3OSi. The zero-order valence-corrected chi connectivity index (χ0v) is 16.6. The molecule has 0 aliphatic heterocycles. The van der Waals surface area contributed by atoms with Gasteiger partial charge in [-0.15, -0.1) is 0 Å². The van der Waals surface area contributed by atoms with Crippen LogP contribution in [-0.4, -0.2) is 29.4 Å². The summed E-state index contributed by atoms with van der Waals surface area (Å²) < 4.78 is 20.9. The maximum Gasteiger partial charge on any atom is 0.213 e. The molecule has 2 heterocycles. The lowest BCUT2D eigenvalue weighted by atomic mass is 10.1. The molecule has 0 fully saturated rings. The molecule has 0 aliphatic rings. The van der Waals surface area contributed by atoms with Crippen molar-refractivity contribution in [3.63, 3.8) is 0 Å². The lowest BCUT2D eigenvalue weighted by Gasteiger charge is -2.15. The molecule has 0 radical (unpaired) electrons. The number of allylic oxidation sites excluding steroid dienone is 1. The fourth-order valence-corrected chi connectivity index (χ4v) is 3.08. The van der Waals surface area contributed by atoms with Crippen LogP contribution < -0.4 is 10.6 Å². The van der Waals surface area contributed by atoms with Crippen LogP contribution in [0.5, 0.6) is 0 Å². The molecule has 0 saturated heterocycles. The van der Waals surface area contributed by atoms with Crippen molar-refractivity contribution in [2.75, 3.05) is 6.61 Å². The van der Waals surface area contributed by atoms with Gasteiger partial charge in [0.25, 0.3) is 0 Å². The molecule has 4 nitrogen and oxygen atoms in total. The number of pyridine rings is 1. The predicted octanol–water partition coefficient (Wildman–Crippen LogP) is 3.34. The van der Waals surface area contributed by atoms with Gasteiger partial charge in [-0.1, -0.05) is 44.4 Å². The second kappa shape index (κ2) is 8.08. The second-order valence-electron chi connectivity index (χ2n) is 7.01. The summed E-state index contributed by atoms with van der Waals surface area (Å²) in [6.07, 6.45) is 3.07. The Labute approximate surface area is 153 Å². The van der Waals surface area contributed by atoms with Crippen molar-refractivity contribution in [3.8, 4) is 11.3 Å². The monoisotopic (exact) mass is 379 g/mol. The second-order valence-corrected chi connectivity index (χ2v) is 13.1. The Morgan fingerprint density at radius 2 is 2.16 bits per heavy atom. The Morgan fingerprint density at radius 1 is 1.44 bits per heavy atom. The summed E-state index contributed by atoms with van der Waals surface area (Å²) in [6, 6.07) is 4.09. The van der Waals surface area contributed by atoms with Crippen LogP contribution in [-0.2, 0) is 11.5 Å². The zero-order valence-electron chi connectivity index (χ0n) is 14.9. The normalized spacial score (nSPS) is 12.6. The number of rotatable bonds is 7. The lowest BCUT2D eigenvalue weighted by molar-refractivity contribution is 0.0767. The van der Waals surface area contributed by atoms with Crippen molar-refractivity contribution in [2.45, 2.75) is 32.4 Å². The van der Waals surface area contributed by atoms with Gasteiger partial charge in [0.1, 0.15) is 12.4 Å². The van der Waals surface area contributed by atoms with E-state index in [0.717, 1.165) is 6.04 Å². The molecule has 2 rings (SSSR count). The predicted molar refractivity (Wildman–Crippen MR) is 104 cm³/mol. The largest absolute Gasteiger partial charge is 0.360 e. The third-order valence-corrected chi connectivity index (χ3v) is 5.42. The maximum atomic E-state index is 13.5. The van der Waals surface area contributed by atoms with Crippen LogP contribution in [0.3, 0.4) is 0 Å². The van der Waals surface area contributed by atoms with Crippen molar-refractivity contribution < 1.29 is 9.13 Å². The molecule has 134 valence electrons. The molecule has 2 aromatic rings. The molecule has 0 amide bonds. The summed E-state index contributed by atoms with van der Waals surface area (Å²) in [7, 11) is -1.15. The quantitative estimate of drug-likeness (QED) is 0.421. The number of ether oxygens (including phenoxy) is 1. The van der Waals surface area contributed by atoms with Crippen LogP contribution in [0.4, 0.5) is 4.39 Å². The topological polar surface area (TPSA) is 39.9 Å².